The number of carbonyl (C=O) groups is 2. The first-order valence-corrected chi connectivity index (χ1v) is 14.9. The molecule has 0 unspecified atom stereocenters. The molecule has 0 saturated carbocycles. The van der Waals surface area contributed by atoms with Gasteiger partial charge in [-0.2, -0.15) is 0 Å². The molecule has 1 N–H and O–H groups in total. The van der Waals surface area contributed by atoms with E-state index in [-0.39, 0.29) is 29.1 Å². The number of hydrogen-bond acceptors (Lipinski definition) is 6. The fourth-order valence-electron chi connectivity index (χ4n) is 4.15. The molecule has 0 aromatic heterocycles. The number of anilines is 1. The number of nitrogens with zero attached hydrogens (tertiary/aromatic N) is 2. The summed E-state index contributed by atoms with van der Waals surface area (Å²) in [5.41, 5.74) is 1.89. The lowest BCUT2D eigenvalue weighted by Crippen LogP contribution is -2.52. The first-order valence-electron chi connectivity index (χ1n) is 13.5. The van der Waals surface area contributed by atoms with E-state index in [2.05, 4.69) is 5.32 Å². The van der Waals surface area contributed by atoms with Crippen LogP contribution in [-0.4, -0.2) is 58.0 Å². The molecule has 220 valence electrons. The maximum absolute atomic E-state index is 14.1. The molecule has 10 heteroatoms. The van der Waals surface area contributed by atoms with Crippen molar-refractivity contribution >= 4 is 27.5 Å². The lowest BCUT2D eigenvalue weighted by atomic mass is 10.1. The van der Waals surface area contributed by atoms with E-state index in [4.69, 9.17) is 9.47 Å². The zero-order valence-electron chi connectivity index (χ0n) is 24.5. The average Bonchev–Trinajstić information content (AvgIpc) is 2.98. The van der Waals surface area contributed by atoms with Crippen LogP contribution in [0.15, 0.2) is 77.7 Å². The molecule has 2 amide bonds. The molecule has 2 atom stereocenters. The van der Waals surface area contributed by atoms with Crippen LogP contribution in [0.5, 0.6) is 11.5 Å². The summed E-state index contributed by atoms with van der Waals surface area (Å²) in [7, 11) is -1.14. The summed E-state index contributed by atoms with van der Waals surface area (Å²) in [5.74, 6) is 0.170. The molecular formula is C31H39N3O6S. The number of sulfonamides is 1. The fourth-order valence-corrected chi connectivity index (χ4v) is 5.55. The summed E-state index contributed by atoms with van der Waals surface area (Å²) >= 11 is 0. The van der Waals surface area contributed by atoms with Crippen molar-refractivity contribution in [2.45, 2.75) is 57.6 Å². The van der Waals surface area contributed by atoms with Crippen molar-refractivity contribution in [1.82, 2.24) is 10.2 Å². The molecule has 3 aromatic rings. The Hall–Kier alpha value is -4.05. The van der Waals surface area contributed by atoms with Crippen molar-refractivity contribution in [2.75, 3.05) is 25.1 Å². The monoisotopic (exact) mass is 581 g/mol. The molecular weight excluding hydrogens is 542 g/mol. The first-order chi connectivity index (χ1) is 19.5. The van der Waals surface area contributed by atoms with Gasteiger partial charge in [-0.3, -0.25) is 13.9 Å². The fraction of sp³-hybridized carbons (Fsp3) is 0.355. The summed E-state index contributed by atoms with van der Waals surface area (Å²) in [4.78, 5) is 28.7. The van der Waals surface area contributed by atoms with Crippen LogP contribution in [0.4, 0.5) is 5.69 Å². The average molecular weight is 582 g/mol. The van der Waals surface area contributed by atoms with Gasteiger partial charge < -0.3 is 19.7 Å². The van der Waals surface area contributed by atoms with E-state index in [9.17, 15) is 18.0 Å². The highest BCUT2D eigenvalue weighted by atomic mass is 32.2. The molecule has 41 heavy (non-hydrogen) atoms. The van der Waals surface area contributed by atoms with Crippen LogP contribution in [-0.2, 0) is 26.2 Å². The minimum atomic E-state index is -4.17. The third kappa shape index (κ3) is 8.00. The van der Waals surface area contributed by atoms with Crippen molar-refractivity contribution in [1.29, 1.82) is 0 Å². The molecule has 0 aliphatic carbocycles. The quantitative estimate of drug-likeness (QED) is 0.318. The summed E-state index contributed by atoms with van der Waals surface area (Å²) in [6.45, 7) is 6.88. The van der Waals surface area contributed by atoms with Gasteiger partial charge in [0.15, 0.2) is 0 Å². The SMILES string of the molecule is CC[C@H](C)NC(=O)[C@@H](C)N(Cc1cccc(OC)c1)C(=O)CN(c1cccc(OC)c1)S(=O)(=O)c1ccc(C)cc1. The van der Waals surface area contributed by atoms with Gasteiger partial charge >= 0.3 is 0 Å². The van der Waals surface area contributed by atoms with Gasteiger partial charge in [-0.15, -0.1) is 0 Å². The van der Waals surface area contributed by atoms with Gasteiger partial charge in [0.1, 0.15) is 24.1 Å². The predicted molar refractivity (Wildman–Crippen MR) is 160 cm³/mol. The first kappa shape index (κ1) is 31.5. The van der Waals surface area contributed by atoms with Gasteiger partial charge in [0.2, 0.25) is 11.8 Å². The highest BCUT2D eigenvalue weighted by Gasteiger charge is 2.33. The summed E-state index contributed by atoms with van der Waals surface area (Å²) in [6, 6.07) is 19.2. The van der Waals surface area contributed by atoms with Crippen molar-refractivity contribution in [2.24, 2.45) is 0 Å². The number of rotatable bonds is 13. The highest BCUT2D eigenvalue weighted by molar-refractivity contribution is 7.92. The van der Waals surface area contributed by atoms with Crippen LogP contribution in [0.3, 0.4) is 0 Å². The second-order valence-electron chi connectivity index (χ2n) is 9.89. The third-order valence-corrected chi connectivity index (χ3v) is 8.67. The second kappa shape index (κ2) is 14.0. The van der Waals surface area contributed by atoms with E-state index in [1.165, 1.54) is 24.1 Å². The largest absolute Gasteiger partial charge is 0.497 e. The van der Waals surface area contributed by atoms with Crippen molar-refractivity contribution in [3.63, 3.8) is 0 Å². The van der Waals surface area contributed by atoms with Crippen LogP contribution in [0, 0.1) is 6.92 Å². The van der Waals surface area contributed by atoms with E-state index in [0.717, 1.165) is 21.9 Å². The van der Waals surface area contributed by atoms with Gasteiger partial charge in [0, 0.05) is 18.7 Å². The molecule has 3 aromatic carbocycles. The van der Waals surface area contributed by atoms with Gasteiger partial charge in [-0.1, -0.05) is 42.8 Å². The molecule has 0 fully saturated rings. The third-order valence-electron chi connectivity index (χ3n) is 6.88. The molecule has 0 aliphatic heterocycles. The Kier molecular flexibility index (Phi) is 10.8. The second-order valence-corrected chi connectivity index (χ2v) is 11.8. The lowest BCUT2D eigenvalue weighted by molar-refractivity contribution is -0.139. The van der Waals surface area contributed by atoms with E-state index in [0.29, 0.717) is 11.5 Å². The smallest absolute Gasteiger partial charge is 0.264 e. The molecule has 0 aliphatic rings. The number of ether oxygens (including phenoxy) is 2. The minimum Gasteiger partial charge on any atom is -0.497 e. The van der Waals surface area contributed by atoms with E-state index in [1.807, 2.05) is 26.8 Å². The number of aryl methyl sites for hydroxylation is 1. The molecule has 9 nitrogen and oxygen atoms in total. The van der Waals surface area contributed by atoms with Crippen LogP contribution in [0.1, 0.15) is 38.3 Å². The van der Waals surface area contributed by atoms with Crippen LogP contribution in [0.2, 0.25) is 0 Å². The predicted octanol–water partition coefficient (Wildman–Crippen LogP) is 4.54. The van der Waals surface area contributed by atoms with Gasteiger partial charge in [0.25, 0.3) is 10.0 Å². The molecule has 0 heterocycles. The number of hydrogen-bond donors (Lipinski definition) is 1. The Morgan fingerprint density at radius 1 is 0.902 bits per heavy atom. The maximum Gasteiger partial charge on any atom is 0.264 e. The number of benzene rings is 3. The zero-order chi connectivity index (χ0) is 30.2. The number of methoxy groups -OCH3 is 2. The van der Waals surface area contributed by atoms with Gasteiger partial charge in [-0.25, -0.2) is 8.42 Å². The topological polar surface area (TPSA) is 105 Å². The normalized spacial score (nSPS) is 12.6. The maximum atomic E-state index is 14.1. The number of carbonyl (C=O) groups excluding carboxylic acids is 2. The summed E-state index contributed by atoms with van der Waals surface area (Å²) in [6.07, 6.45) is 0.723. The highest BCUT2D eigenvalue weighted by Crippen LogP contribution is 2.28. The van der Waals surface area contributed by atoms with Crippen LogP contribution < -0.4 is 19.1 Å². The lowest BCUT2D eigenvalue weighted by Gasteiger charge is -2.32. The number of nitrogens with one attached hydrogen (secondary N) is 1. The van der Waals surface area contributed by atoms with Crippen molar-refractivity contribution in [3.05, 3.63) is 83.9 Å². The number of amides is 2. The molecule has 0 spiro atoms. The van der Waals surface area contributed by atoms with E-state index < -0.39 is 28.5 Å². The molecule has 0 bridgehead atoms. The van der Waals surface area contributed by atoms with E-state index in [1.54, 1.807) is 68.6 Å². The van der Waals surface area contributed by atoms with Gasteiger partial charge in [-0.05, 0) is 69.2 Å². The van der Waals surface area contributed by atoms with E-state index >= 15 is 0 Å². The Morgan fingerprint density at radius 2 is 1.51 bits per heavy atom. The Balaban J connectivity index is 2.05. The summed E-state index contributed by atoms with van der Waals surface area (Å²) < 4.78 is 39.6. The zero-order valence-corrected chi connectivity index (χ0v) is 25.3. The molecule has 0 saturated heterocycles. The Morgan fingerprint density at radius 3 is 2.12 bits per heavy atom. The van der Waals surface area contributed by atoms with Crippen molar-refractivity contribution in [3.8, 4) is 11.5 Å². The van der Waals surface area contributed by atoms with Crippen molar-refractivity contribution < 1.29 is 27.5 Å². The van der Waals surface area contributed by atoms with Gasteiger partial charge in [0.05, 0.1) is 24.8 Å². The van der Waals surface area contributed by atoms with Crippen LogP contribution >= 0.6 is 0 Å². The Bertz CT molecular complexity index is 1440. The van der Waals surface area contributed by atoms with Crippen LogP contribution in [0.25, 0.3) is 0 Å². The molecule has 3 rings (SSSR count). The Labute approximate surface area is 243 Å². The molecule has 0 radical (unpaired) electrons. The minimum absolute atomic E-state index is 0.0422. The summed E-state index contributed by atoms with van der Waals surface area (Å²) in [5, 5.41) is 2.93. The standard InChI is InChI=1S/C31H39N3O6S/c1-7-23(3)32-31(36)24(4)33(20-25-10-8-12-27(18-25)39-5)30(35)21-34(26-11-9-13-28(19-26)40-6)41(37,38)29-16-14-22(2)15-17-29/h8-19,23-24H,7,20-21H2,1-6H3,(H,32,36)/t23-,24+/m0/s1.